The first-order valence-corrected chi connectivity index (χ1v) is 9.81. The van der Waals surface area contributed by atoms with Gasteiger partial charge in [0, 0.05) is 43.6 Å². The lowest BCUT2D eigenvalue weighted by atomic mass is 9.95. The second-order valence-electron chi connectivity index (χ2n) is 7.84. The molecule has 5 nitrogen and oxygen atoms in total. The molecule has 1 aliphatic heterocycles. The Balaban J connectivity index is 1.59. The Morgan fingerprint density at radius 3 is 2.74 bits per heavy atom. The summed E-state index contributed by atoms with van der Waals surface area (Å²) in [5.74, 6) is 0. The van der Waals surface area contributed by atoms with Gasteiger partial charge in [-0.1, -0.05) is 6.07 Å². The summed E-state index contributed by atoms with van der Waals surface area (Å²) in [6, 6.07) is 7.47. The van der Waals surface area contributed by atoms with E-state index in [-0.39, 0.29) is 0 Å². The van der Waals surface area contributed by atoms with E-state index in [0.717, 1.165) is 25.1 Å². The second-order valence-corrected chi connectivity index (χ2v) is 7.84. The summed E-state index contributed by atoms with van der Waals surface area (Å²) in [6.45, 7) is 7.45. The summed E-state index contributed by atoms with van der Waals surface area (Å²) in [5.41, 5.74) is 8.98. The lowest BCUT2D eigenvalue weighted by molar-refractivity contribution is 0.598. The first-order valence-electron chi connectivity index (χ1n) is 9.81. The van der Waals surface area contributed by atoms with Crippen LogP contribution in [-0.2, 0) is 26.4 Å². The highest BCUT2D eigenvalue weighted by molar-refractivity contribution is 5.67. The minimum Gasteiger partial charge on any atom is -0.372 e. The van der Waals surface area contributed by atoms with Crippen LogP contribution >= 0.6 is 0 Å². The minimum absolute atomic E-state index is 0.611. The van der Waals surface area contributed by atoms with Crippen LogP contribution in [0.2, 0.25) is 0 Å². The van der Waals surface area contributed by atoms with Gasteiger partial charge in [-0.05, 0) is 63.3 Å². The normalized spacial score (nSPS) is 16.6. The Bertz CT molecular complexity index is 965. The molecule has 5 heteroatoms. The van der Waals surface area contributed by atoms with Crippen LogP contribution in [0.15, 0.2) is 30.7 Å². The van der Waals surface area contributed by atoms with Gasteiger partial charge in [-0.15, -0.1) is 0 Å². The Morgan fingerprint density at radius 2 is 2.00 bits per heavy atom. The van der Waals surface area contributed by atoms with Crippen LogP contribution in [0.4, 0.5) is 5.69 Å². The minimum atomic E-state index is 0.611. The largest absolute Gasteiger partial charge is 0.372 e. The van der Waals surface area contributed by atoms with Crippen molar-refractivity contribution in [2.75, 3.05) is 11.9 Å². The Kier molecular flexibility index (Phi) is 4.54. The van der Waals surface area contributed by atoms with E-state index in [1.807, 2.05) is 24.3 Å². The SMILES string of the molecule is Cc1nn(C)c(C)c1CCn1cncc1-c1ccc2c(c1)CCC(C)N2C. The molecule has 1 unspecified atom stereocenters. The molecule has 27 heavy (non-hydrogen) atoms. The molecule has 0 radical (unpaired) electrons. The van der Waals surface area contributed by atoms with Crippen molar-refractivity contribution >= 4 is 5.69 Å². The van der Waals surface area contributed by atoms with Gasteiger partial charge in [0.2, 0.25) is 0 Å². The lowest BCUT2D eigenvalue weighted by Gasteiger charge is -2.34. The summed E-state index contributed by atoms with van der Waals surface area (Å²) < 4.78 is 4.24. The molecule has 0 saturated heterocycles. The highest BCUT2D eigenvalue weighted by atomic mass is 15.3. The molecular weight excluding hydrogens is 334 g/mol. The molecular formula is C22H29N5. The lowest BCUT2D eigenvalue weighted by Crippen LogP contribution is -2.33. The molecule has 0 saturated carbocycles. The highest BCUT2D eigenvalue weighted by Gasteiger charge is 2.20. The quantitative estimate of drug-likeness (QED) is 0.705. The molecule has 3 heterocycles. The number of fused-ring (bicyclic) bond motifs is 1. The molecule has 3 aromatic rings. The van der Waals surface area contributed by atoms with Crippen LogP contribution in [0.25, 0.3) is 11.3 Å². The maximum Gasteiger partial charge on any atom is 0.0951 e. The van der Waals surface area contributed by atoms with Gasteiger partial charge in [0.05, 0.1) is 23.9 Å². The first-order chi connectivity index (χ1) is 13.0. The van der Waals surface area contributed by atoms with E-state index < -0.39 is 0 Å². The van der Waals surface area contributed by atoms with Gasteiger partial charge >= 0.3 is 0 Å². The summed E-state index contributed by atoms with van der Waals surface area (Å²) in [7, 11) is 4.21. The fraction of sp³-hybridized carbons (Fsp3) is 0.455. The molecule has 142 valence electrons. The summed E-state index contributed by atoms with van der Waals surface area (Å²) in [4.78, 5) is 6.83. The van der Waals surface area contributed by atoms with Gasteiger partial charge in [0.15, 0.2) is 0 Å². The molecule has 0 aliphatic carbocycles. The van der Waals surface area contributed by atoms with E-state index in [1.54, 1.807) is 0 Å². The third-order valence-corrected chi connectivity index (χ3v) is 6.22. The fourth-order valence-corrected chi connectivity index (χ4v) is 4.24. The smallest absolute Gasteiger partial charge is 0.0951 e. The maximum atomic E-state index is 4.54. The van der Waals surface area contributed by atoms with Crippen LogP contribution < -0.4 is 4.90 Å². The Hall–Kier alpha value is -2.56. The number of rotatable bonds is 4. The molecule has 1 atom stereocenters. The van der Waals surface area contributed by atoms with E-state index >= 15 is 0 Å². The van der Waals surface area contributed by atoms with Crippen molar-refractivity contribution < 1.29 is 0 Å². The van der Waals surface area contributed by atoms with Crippen LogP contribution in [0.5, 0.6) is 0 Å². The molecule has 0 N–H and O–H groups in total. The van der Waals surface area contributed by atoms with Gasteiger partial charge in [0.1, 0.15) is 0 Å². The molecule has 0 fully saturated rings. The van der Waals surface area contributed by atoms with Crippen LogP contribution in [-0.4, -0.2) is 32.4 Å². The number of aromatic nitrogens is 4. The Morgan fingerprint density at radius 1 is 1.19 bits per heavy atom. The average Bonchev–Trinajstić information content (AvgIpc) is 3.21. The van der Waals surface area contributed by atoms with Gasteiger partial charge < -0.3 is 9.47 Å². The highest BCUT2D eigenvalue weighted by Crippen LogP contribution is 2.33. The topological polar surface area (TPSA) is 38.9 Å². The number of hydrogen-bond acceptors (Lipinski definition) is 3. The van der Waals surface area contributed by atoms with Crippen LogP contribution in [0.1, 0.15) is 35.9 Å². The molecule has 4 rings (SSSR count). The number of aryl methyl sites for hydroxylation is 4. The zero-order valence-corrected chi connectivity index (χ0v) is 17.0. The van der Waals surface area contributed by atoms with Gasteiger partial charge in [-0.3, -0.25) is 4.68 Å². The van der Waals surface area contributed by atoms with E-state index in [0.29, 0.717) is 6.04 Å². The average molecular weight is 364 g/mol. The van der Waals surface area contributed by atoms with Crippen molar-refractivity contribution in [2.24, 2.45) is 7.05 Å². The van der Waals surface area contributed by atoms with Gasteiger partial charge in [0.25, 0.3) is 0 Å². The number of anilines is 1. The van der Waals surface area contributed by atoms with E-state index in [9.17, 15) is 0 Å². The number of benzene rings is 1. The number of nitrogens with zero attached hydrogens (tertiary/aromatic N) is 5. The Labute approximate surface area is 161 Å². The van der Waals surface area contributed by atoms with Crippen LogP contribution in [0.3, 0.4) is 0 Å². The van der Waals surface area contributed by atoms with Crippen molar-refractivity contribution in [3.05, 3.63) is 53.2 Å². The van der Waals surface area contributed by atoms with Crippen LogP contribution in [0, 0.1) is 13.8 Å². The zero-order valence-electron chi connectivity index (χ0n) is 17.0. The third kappa shape index (κ3) is 3.15. The van der Waals surface area contributed by atoms with Gasteiger partial charge in [-0.25, -0.2) is 4.98 Å². The number of hydrogen-bond donors (Lipinski definition) is 0. The molecule has 0 spiro atoms. The second kappa shape index (κ2) is 6.87. The maximum absolute atomic E-state index is 4.54. The number of imidazole rings is 1. The summed E-state index contributed by atoms with van der Waals surface area (Å²) >= 11 is 0. The molecule has 1 aliphatic rings. The molecule has 0 bridgehead atoms. The van der Waals surface area contributed by atoms with Crippen molar-refractivity contribution in [1.82, 2.24) is 19.3 Å². The standard InChI is InChI=1S/C22H29N5/c1-15-6-7-18-12-19(8-9-21(18)25(15)4)22-13-23-14-27(22)11-10-20-16(2)24-26(5)17(20)3/h8-9,12-15H,6-7,10-11H2,1-5H3. The first kappa shape index (κ1) is 17.8. The zero-order chi connectivity index (χ0) is 19.1. The van der Waals surface area contributed by atoms with Crippen molar-refractivity contribution in [3.8, 4) is 11.3 Å². The monoisotopic (exact) mass is 363 g/mol. The molecule has 1 aromatic carbocycles. The van der Waals surface area contributed by atoms with Crippen molar-refractivity contribution in [2.45, 2.75) is 52.6 Å². The van der Waals surface area contributed by atoms with Crippen molar-refractivity contribution in [1.29, 1.82) is 0 Å². The summed E-state index contributed by atoms with van der Waals surface area (Å²) in [6.07, 6.45) is 7.27. The summed E-state index contributed by atoms with van der Waals surface area (Å²) in [5, 5.41) is 4.54. The predicted octanol–water partition coefficient (Wildman–Crippen LogP) is 3.91. The molecule has 0 amide bonds. The predicted molar refractivity (Wildman–Crippen MR) is 110 cm³/mol. The van der Waals surface area contributed by atoms with Gasteiger partial charge in [-0.2, -0.15) is 5.10 Å². The van der Waals surface area contributed by atoms with E-state index in [1.165, 1.54) is 40.2 Å². The van der Waals surface area contributed by atoms with E-state index in [4.69, 9.17) is 0 Å². The fourth-order valence-electron chi connectivity index (χ4n) is 4.24. The van der Waals surface area contributed by atoms with Crippen molar-refractivity contribution in [3.63, 3.8) is 0 Å². The third-order valence-electron chi connectivity index (χ3n) is 6.22. The van der Waals surface area contributed by atoms with E-state index in [2.05, 4.69) is 65.6 Å². The molecule has 2 aromatic heterocycles.